The van der Waals surface area contributed by atoms with Crippen molar-refractivity contribution in [2.24, 2.45) is 0 Å². The number of pyridine rings is 1. The number of halogens is 1. The minimum absolute atomic E-state index is 0. The molecule has 0 unspecified atom stereocenters. The molecule has 66 valence electrons. The van der Waals surface area contributed by atoms with Crippen molar-refractivity contribution in [2.45, 2.75) is 0 Å². The molecule has 0 fully saturated rings. The van der Waals surface area contributed by atoms with Crippen LogP contribution in [0.4, 0.5) is 0 Å². The van der Waals surface area contributed by atoms with E-state index < -0.39 is 0 Å². The van der Waals surface area contributed by atoms with Gasteiger partial charge in [-0.2, -0.15) is 0 Å². The standard InChI is InChI=1S/C9H7N3.ClH/c1-4-10-5-2-8(1)9-3-6-11-7-12-9;/h1-7H;1H. The molecule has 4 heteroatoms. The molecule has 0 atom stereocenters. The van der Waals surface area contributed by atoms with E-state index in [1.807, 2.05) is 18.2 Å². The summed E-state index contributed by atoms with van der Waals surface area (Å²) in [6.45, 7) is 0. The molecule has 2 heterocycles. The molecule has 2 rings (SSSR count). The van der Waals surface area contributed by atoms with Crippen LogP contribution in [-0.2, 0) is 0 Å². The van der Waals surface area contributed by atoms with Crippen LogP contribution in [-0.4, -0.2) is 15.0 Å². The van der Waals surface area contributed by atoms with Crippen molar-refractivity contribution in [3.8, 4) is 11.3 Å². The fourth-order valence-corrected chi connectivity index (χ4v) is 0.984. The summed E-state index contributed by atoms with van der Waals surface area (Å²) >= 11 is 0. The summed E-state index contributed by atoms with van der Waals surface area (Å²) in [6.07, 6.45) is 6.76. The third-order valence-corrected chi connectivity index (χ3v) is 1.56. The van der Waals surface area contributed by atoms with Crippen molar-refractivity contribution in [1.82, 2.24) is 15.0 Å². The Labute approximate surface area is 82.3 Å². The smallest absolute Gasteiger partial charge is 0.116 e. The molecule has 0 spiro atoms. The van der Waals surface area contributed by atoms with Crippen molar-refractivity contribution >= 4 is 12.4 Å². The van der Waals surface area contributed by atoms with Gasteiger partial charge in [0.2, 0.25) is 0 Å². The number of hydrogen-bond acceptors (Lipinski definition) is 3. The van der Waals surface area contributed by atoms with Gasteiger partial charge in [0.1, 0.15) is 6.33 Å². The SMILES string of the molecule is Cl.c1cc(-c2ccncn2)ccn1. The Kier molecular flexibility index (Phi) is 3.34. The summed E-state index contributed by atoms with van der Waals surface area (Å²) in [5.41, 5.74) is 1.99. The Morgan fingerprint density at radius 2 is 1.54 bits per heavy atom. The monoisotopic (exact) mass is 193 g/mol. The van der Waals surface area contributed by atoms with Crippen LogP contribution in [0.2, 0.25) is 0 Å². The Hall–Kier alpha value is -1.48. The number of hydrogen-bond donors (Lipinski definition) is 0. The molecule has 0 aliphatic rings. The van der Waals surface area contributed by atoms with Gasteiger partial charge < -0.3 is 0 Å². The second-order valence-electron chi connectivity index (χ2n) is 2.33. The minimum Gasteiger partial charge on any atom is -0.265 e. The molecule has 2 aromatic heterocycles. The molecule has 2 aromatic rings. The van der Waals surface area contributed by atoms with Crippen LogP contribution in [0.25, 0.3) is 11.3 Å². The molecule has 13 heavy (non-hydrogen) atoms. The molecule has 0 radical (unpaired) electrons. The van der Waals surface area contributed by atoms with Gasteiger partial charge in [-0.3, -0.25) is 4.98 Å². The third-order valence-electron chi connectivity index (χ3n) is 1.56. The second-order valence-corrected chi connectivity index (χ2v) is 2.33. The average Bonchev–Trinajstić information content (AvgIpc) is 2.21. The van der Waals surface area contributed by atoms with E-state index in [0.29, 0.717) is 0 Å². The molecular weight excluding hydrogens is 186 g/mol. The van der Waals surface area contributed by atoms with Crippen molar-refractivity contribution in [1.29, 1.82) is 0 Å². The first-order valence-corrected chi connectivity index (χ1v) is 3.63. The van der Waals surface area contributed by atoms with Crippen LogP contribution in [0, 0.1) is 0 Å². The largest absolute Gasteiger partial charge is 0.265 e. The molecule has 0 amide bonds. The quantitative estimate of drug-likeness (QED) is 0.695. The van der Waals surface area contributed by atoms with Gasteiger partial charge in [-0.05, 0) is 18.2 Å². The van der Waals surface area contributed by atoms with Crippen molar-refractivity contribution in [2.75, 3.05) is 0 Å². The highest BCUT2D eigenvalue weighted by atomic mass is 35.5. The number of rotatable bonds is 1. The van der Waals surface area contributed by atoms with E-state index in [-0.39, 0.29) is 12.4 Å². The second kappa shape index (κ2) is 4.52. The average molecular weight is 194 g/mol. The zero-order chi connectivity index (χ0) is 8.23. The van der Waals surface area contributed by atoms with Gasteiger partial charge in [-0.15, -0.1) is 12.4 Å². The van der Waals surface area contributed by atoms with E-state index in [4.69, 9.17) is 0 Å². The summed E-state index contributed by atoms with van der Waals surface area (Å²) in [5.74, 6) is 0. The van der Waals surface area contributed by atoms with Crippen LogP contribution < -0.4 is 0 Å². The summed E-state index contributed by atoms with van der Waals surface area (Å²) < 4.78 is 0. The van der Waals surface area contributed by atoms with Gasteiger partial charge in [-0.1, -0.05) is 0 Å². The van der Waals surface area contributed by atoms with E-state index in [1.165, 1.54) is 6.33 Å². The Morgan fingerprint density at radius 1 is 0.846 bits per heavy atom. The first-order chi connectivity index (χ1) is 5.97. The lowest BCUT2D eigenvalue weighted by molar-refractivity contribution is 1.17. The molecule has 0 bridgehead atoms. The number of nitrogens with zero attached hydrogens (tertiary/aromatic N) is 3. The molecule has 0 aliphatic carbocycles. The molecule has 0 N–H and O–H groups in total. The van der Waals surface area contributed by atoms with E-state index in [0.717, 1.165) is 11.3 Å². The lowest BCUT2D eigenvalue weighted by Crippen LogP contribution is -1.83. The Bertz CT molecular complexity index is 312. The molecule has 0 saturated heterocycles. The maximum Gasteiger partial charge on any atom is 0.116 e. The highest BCUT2D eigenvalue weighted by molar-refractivity contribution is 5.85. The summed E-state index contributed by atoms with van der Waals surface area (Å²) in [7, 11) is 0. The summed E-state index contributed by atoms with van der Waals surface area (Å²) in [6, 6.07) is 5.71. The van der Waals surface area contributed by atoms with Gasteiger partial charge in [0.15, 0.2) is 0 Å². The van der Waals surface area contributed by atoms with Gasteiger partial charge >= 0.3 is 0 Å². The predicted molar refractivity (Wildman–Crippen MR) is 52.5 cm³/mol. The molecule has 3 nitrogen and oxygen atoms in total. The normalized spacial score (nSPS) is 8.92. The first kappa shape index (κ1) is 9.61. The van der Waals surface area contributed by atoms with E-state index in [9.17, 15) is 0 Å². The van der Waals surface area contributed by atoms with E-state index >= 15 is 0 Å². The molecule has 0 aromatic carbocycles. The van der Waals surface area contributed by atoms with Gasteiger partial charge in [-0.25, -0.2) is 9.97 Å². The topological polar surface area (TPSA) is 38.7 Å². The zero-order valence-corrected chi connectivity index (χ0v) is 7.61. The van der Waals surface area contributed by atoms with Crippen LogP contribution in [0.15, 0.2) is 43.1 Å². The lowest BCUT2D eigenvalue weighted by Gasteiger charge is -1.96. The lowest BCUT2D eigenvalue weighted by atomic mass is 10.2. The van der Waals surface area contributed by atoms with Crippen LogP contribution >= 0.6 is 12.4 Å². The van der Waals surface area contributed by atoms with Crippen LogP contribution in [0.1, 0.15) is 0 Å². The van der Waals surface area contributed by atoms with Gasteiger partial charge in [0.25, 0.3) is 0 Å². The van der Waals surface area contributed by atoms with E-state index in [2.05, 4.69) is 15.0 Å². The molecule has 0 saturated carbocycles. The zero-order valence-electron chi connectivity index (χ0n) is 6.79. The Balaban J connectivity index is 0.000000845. The highest BCUT2D eigenvalue weighted by Gasteiger charge is 1.94. The Morgan fingerprint density at radius 3 is 2.15 bits per heavy atom. The fraction of sp³-hybridized carbons (Fsp3) is 0. The maximum atomic E-state index is 4.11. The summed E-state index contributed by atoms with van der Waals surface area (Å²) in [4.78, 5) is 11.9. The van der Waals surface area contributed by atoms with Gasteiger partial charge in [0, 0.05) is 24.2 Å². The maximum absolute atomic E-state index is 4.11. The fourth-order valence-electron chi connectivity index (χ4n) is 0.984. The first-order valence-electron chi connectivity index (χ1n) is 3.63. The van der Waals surface area contributed by atoms with Crippen molar-refractivity contribution in [3.05, 3.63) is 43.1 Å². The van der Waals surface area contributed by atoms with Crippen molar-refractivity contribution in [3.63, 3.8) is 0 Å². The third kappa shape index (κ3) is 2.23. The predicted octanol–water partition coefficient (Wildman–Crippen LogP) is 1.96. The minimum atomic E-state index is 0. The molecule has 0 aliphatic heterocycles. The molecular formula is C9H8ClN3. The van der Waals surface area contributed by atoms with Gasteiger partial charge in [0.05, 0.1) is 5.69 Å². The number of aromatic nitrogens is 3. The highest BCUT2D eigenvalue weighted by Crippen LogP contribution is 2.12. The summed E-state index contributed by atoms with van der Waals surface area (Å²) in [5, 5.41) is 0. The van der Waals surface area contributed by atoms with Crippen LogP contribution in [0.5, 0.6) is 0 Å². The van der Waals surface area contributed by atoms with E-state index in [1.54, 1.807) is 18.6 Å². The van der Waals surface area contributed by atoms with Crippen LogP contribution in [0.3, 0.4) is 0 Å². The van der Waals surface area contributed by atoms with Crippen molar-refractivity contribution < 1.29 is 0 Å².